The zero-order chi connectivity index (χ0) is 15.8. The highest BCUT2D eigenvalue weighted by atomic mass is 35.5. The molecule has 2 rings (SSSR count). The Morgan fingerprint density at radius 2 is 1.68 bits per heavy atom. The number of carbonyl (C=O) groups excluding carboxylic acids is 1. The van der Waals surface area contributed by atoms with Gasteiger partial charge in [0.25, 0.3) is 0 Å². The molecule has 0 saturated carbocycles. The van der Waals surface area contributed by atoms with Gasteiger partial charge in [-0.3, -0.25) is 4.79 Å². The number of hydrogen-bond acceptors (Lipinski definition) is 2. The highest BCUT2D eigenvalue weighted by molar-refractivity contribution is 6.30. The summed E-state index contributed by atoms with van der Waals surface area (Å²) in [4.78, 5) is 11.9. The minimum absolute atomic E-state index is 0.0452. The lowest BCUT2D eigenvalue weighted by atomic mass is 10.1. The van der Waals surface area contributed by atoms with Gasteiger partial charge in [0.15, 0.2) is 0 Å². The molecule has 0 saturated heterocycles. The summed E-state index contributed by atoms with van der Waals surface area (Å²) in [5.74, 6) is 0.893. The van der Waals surface area contributed by atoms with E-state index in [-0.39, 0.29) is 5.91 Å². The van der Waals surface area contributed by atoms with Gasteiger partial charge in [0.2, 0.25) is 5.91 Å². The van der Waals surface area contributed by atoms with Crippen molar-refractivity contribution in [3.05, 3.63) is 64.7 Å². The van der Waals surface area contributed by atoms with Crippen LogP contribution in [0, 0.1) is 0 Å². The van der Waals surface area contributed by atoms with Crippen molar-refractivity contribution in [2.45, 2.75) is 26.3 Å². The van der Waals surface area contributed by atoms with Crippen LogP contribution in [0.2, 0.25) is 5.02 Å². The van der Waals surface area contributed by atoms with Crippen molar-refractivity contribution in [3.8, 4) is 5.75 Å². The average molecular weight is 318 g/mol. The molecule has 0 atom stereocenters. The molecule has 3 nitrogen and oxygen atoms in total. The first-order valence-corrected chi connectivity index (χ1v) is 7.78. The molecule has 2 aromatic carbocycles. The van der Waals surface area contributed by atoms with Gasteiger partial charge in [0, 0.05) is 18.0 Å². The van der Waals surface area contributed by atoms with Crippen LogP contribution in [0.5, 0.6) is 5.75 Å². The quantitative estimate of drug-likeness (QED) is 0.838. The zero-order valence-electron chi connectivity index (χ0n) is 12.6. The Kier molecular flexibility index (Phi) is 6.28. The van der Waals surface area contributed by atoms with E-state index < -0.39 is 0 Å². The minimum atomic E-state index is 0.0452. The molecular formula is C18H20ClNO2. The Bertz CT molecular complexity index is 593. The van der Waals surface area contributed by atoms with E-state index in [0.29, 0.717) is 31.0 Å². The normalized spacial score (nSPS) is 10.3. The molecule has 0 unspecified atom stereocenters. The molecule has 0 bridgehead atoms. The molecule has 0 fully saturated rings. The van der Waals surface area contributed by atoms with Crippen molar-refractivity contribution in [3.63, 3.8) is 0 Å². The molecule has 4 heteroatoms. The number of halogens is 1. The lowest BCUT2D eigenvalue weighted by Gasteiger charge is -2.07. The van der Waals surface area contributed by atoms with E-state index in [1.54, 1.807) is 0 Å². The molecule has 0 spiro atoms. The van der Waals surface area contributed by atoms with E-state index in [4.69, 9.17) is 16.3 Å². The summed E-state index contributed by atoms with van der Waals surface area (Å²) in [5, 5.41) is 3.64. The lowest BCUT2D eigenvalue weighted by molar-refractivity contribution is -0.121. The number of hydrogen-bond donors (Lipinski definition) is 1. The van der Waals surface area contributed by atoms with E-state index in [1.807, 2.05) is 55.5 Å². The van der Waals surface area contributed by atoms with Crippen LogP contribution in [0.25, 0.3) is 0 Å². The number of nitrogens with one attached hydrogen (secondary N) is 1. The molecule has 116 valence electrons. The van der Waals surface area contributed by atoms with Crippen LogP contribution in [0.4, 0.5) is 0 Å². The first kappa shape index (κ1) is 16.4. The van der Waals surface area contributed by atoms with Crippen LogP contribution in [0.3, 0.4) is 0 Å². The highest BCUT2D eigenvalue weighted by Crippen LogP contribution is 2.12. The van der Waals surface area contributed by atoms with Crippen LogP contribution >= 0.6 is 11.6 Å². The number of amides is 1. The molecule has 1 N–H and O–H groups in total. The summed E-state index contributed by atoms with van der Waals surface area (Å²) in [5.41, 5.74) is 2.17. The second kappa shape index (κ2) is 8.44. The fraction of sp³-hybridized carbons (Fsp3) is 0.278. The Morgan fingerprint density at radius 3 is 2.32 bits per heavy atom. The van der Waals surface area contributed by atoms with Gasteiger partial charge in [-0.15, -0.1) is 0 Å². The molecule has 22 heavy (non-hydrogen) atoms. The summed E-state index contributed by atoms with van der Waals surface area (Å²) in [6.07, 6.45) is 1.19. The maximum Gasteiger partial charge on any atom is 0.220 e. The van der Waals surface area contributed by atoms with Crippen LogP contribution < -0.4 is 10.1 Å². The summed E-state index contributed by atoms with van der Waals surface area (Å²) in [6, 6.07) is 15.3. The van der Waals surface area contributed by atoms with Crippen molar-refractivity contribution in [1.82, 2.24) is 5.32 Å². The molecule has 0 radical (unpaired) electrons. The third-order valence-corrected chi connectivity index (χ3v) is 3.53. The van der Waals surface area contributed by atoms with Gasteiger partial charge in [-0.2, -0.15) is 0 Å². The molecule has 0 aliphatic rings. The summed E-state index contributed by atoms with van der Waals surface area (Å²) >= 11 is 5.83. The molecule has 0 heterocycles. The fourth-order valence-corrected chi connectivity index (χ4v) is 2.19. The predicted molar refractivity (Wildman–Crippen MR) is 89.2 cm³/mol. The Labute approximate surface area is 136 Å². The Hall–Kier alpha value is -2.00. The van der Waals surface area contributed by atoms with Crippen molar-refractivity contribution in [2.24, 2.45) is 0 Å². The maximum absolute atomic E-state index is 11.9. The molecule has 0 aliphatic heterocycles. The molecule has 2 aromatic rings. The van der Waals surface area contributed by atoms with Crippen LogP contribution in [0.1, 0.15) is 24.5 Å². The second-order valence-electron chi connectivity index (χ2n) is 4.98. The van der Waals surface area contributed by atoms with Gasteiger partial charge in [-0.1, -0.05) is 35.9 Å². The zero-order valence-corrected chi connectivity index (χ0v) is 13.4. The third-order valence-electron chi connectivity index (χ3n) is 3.28. The minimum Gasteiger partial charge on any atom is -0.494 e. The summed E-state index contributed by atoms with van der Waals surface area (Å²) in [6.45, 7) is 3.14. The monoisotopic (exact) mass is 317 g/mol. The third kappa shape index (κ3) is 5.41. The van der Waals surface area contributed by atoms with E-state index in [9.17, 15) is 4.79 Å². The maximum atomic E-state index is 11.9. The van der Waals surface area contributed by atoms with Gasteiger partial charge in [0.05, 0.1) is 6.61 Å². The van der Waals surface area contributed by atoms with Crippen molar-refractivity contribution in [2.75, 3.05) is 6.61 Å². The summed E-state index contributed by atoms with van der Waals surface area (Å²) in [7, 11) is 0. The van der Waals surface area contributed by atoms with E-state index in [2.05, 4.69) is 5.32 Å². The largest absolute Gasteiger partial charge is 0.494 e. The summed E-state index contributed by atoms with van der Waals surface area (Å²) < 4.78 is 5.39. The number of aryl methyl sites for hydroxylation is 1. The number of benzene rings is 2. The van der Waals surface area contributed by atoms with Crippen molar-refractivity contribution in [1.29, 1.82) is 0 Å². The topological polar surface area (TPSA) is 38.3 Å². The van der Waals surface area contributed by atoms with Gasteiger partial charge >= 0.3 is 0 Å². The first-order valence-electron chi connectivity index (χ1n) is 7.40. The van der Waals surface area contributed by atoms with Crippen molar-refractivity contribution < 1.29 is 9.53 Å². The van der Waals surface area contributed by atoms with Crippen LogP contribution in [-0.2, 0) is 17.8 Å². The standard InChI is InChI=1S/C18H20ClNO2/c1-2-22-17-10-5-15(6-11-17)13-20-18(21)12-7-14-3-8-16(19)9-4-14/h3-6,8-11H,2,7,12-13H2,1H3,(H,20,21). The smallest absolute Gasteiger partial charge is 0.220 e. The van der Waals surface area contributed by atoms with E-state index in [0.717, 1.165) is 16.9 Å². The average Bonchev–Trinajstić information content (AvgIpc) is 2.54. The number of rotatable bonds is 7. The lowest BCUT2D eigenvalue weighted by Crippen LogP contribution is -2.22. The molecular weight excluding hydrogens is 298 g/mol. The first-order chi connectivity index (χ1) is 10.7. The number of carbonyl (C=O) groups is 1. The van der Waals surface area contributed by atoms with Crippen LogP contribution in [-0.4, -0.2) is 12.5 Å². The predicted octanol–water partition coefficient (Wildman–Crippen LogP) is 3.99. The van der Waals surface area contributed by atoms with Gasteiger partial charge in [-0.05, 0) is 48.7 Å². The number of ether oxygens (including phenoxy) is 1. The molecule has 1 amide bonds. The van der Waals surface area contributed by atoms with E-state index in [1.165, 1.54) is 0 Å². The molecule has 0 aliphatic carbocycles. The fourth-order valence-electron chi connectivity index (χ4n) is 2.07. The SMILES string of the molecule is CCOc1ccc(CNC(=O)CCc2ccc(Cl)cc2)cc1. The van der Waals surface area contributed by atoms with Crippen molar-refractivity contribution >= 4 is 17.5 Å². The van der Waals surface area contributed by atoms with Crippen LogP contribution in [0.15, 0.2) is 48.5 Å². The second-order valence-corrected chi connectivity index (χ2v) is 5.42. The molecule has 0 aromatic heterocycles. The van der Waals surface area contributed by atoms with Gasteiger partial charge in [-0.25, -0.2) is 0 Å². The van der Waals surface area contributed by atoms with Gasteiger partial charge in [0.1, 0.15) is 5.75 Å². The Balaban J connectivity index is 1.74. The highest BCUT2D eigenvalue weighted by Gasteiger charge is 2.03. The van der Waals surface area contributed by atoms with E-state index >= 15 is 0 Å². The van der Waals surface area contributed by atoms with Gasteiger partial charge < -0.3 is 10.1 Å². The Morgan fingerprint density at radius 1 is 1.05 bits per heavy atom.